The number of hydrogen-bond acceptors (Lipinski definition) is 1. The van der Waals surface area contributed by atoms with E-state index in [-0.39, 0.29) is 0 Å². The maximum atomic E-state index is 6.48. The van der Waals surface area contributed by atoms with Crippen LogP contribution < -0.4 is 5.73 Å². The predicted octanol–water partition coefficient (Wildman–Crippen LogP) is 4.29. The van der Waals surface area contributed by atoms with Crippen LogP contribution in [0.3, 0.4) is 0 Å². The summed E-state index contributed by atoms with van der Waals surface area (Å²) in [4.78, 5) is 0. The molecule has 1 aromatic carbocycles. The normalized spacial score (nSPS) is 20.4. The number of benzene rings is 1. The van der Waals surface area contributed by atoms with Gasteiger partial charge in [0.1, 0.15) is 0 Å². The molecule has 0 amide bonds. The summed E-state index contributed by atoms with van der Waals surface area (Å²) in [5, 5.41) is 0. The molecule has 1 atom stereocenters. The highest BCUT2D eigenvalue weighted by Gasteiger charge is 2.37. The van der Waals surface area contributed by atoms with E-state index in [0.29, 0.717) is 11.5 Å². The van der Waals surface area contributed by atoms with Gasteiger partial charge in [0.2, 0.25) is 0 Å². The molecule has 2 heteroatoms. The molecule has 1 aromatic rings. The van der Waals surface area contributed by atoms with Crippen molar-refractivity contribution in [3.63, 3.8) is 0 Å². The minimum Gasteiger partial charge on any atom is -0.327 e. The van der Waals surface area contributed by atoms with E-state index in [1.807, 2.05) is 0 Å². The third-order valence-corrected chi connectivity index (χ3v) is 4.99. The predicted molar refractivity (Wildman–Crippen MR) is 77.0 cm³/mol. The van der Waals surface area contributed by atoms with Crippen molar-refractivity contribution >= 4 is 15.9 Å². The van der Waals surface area contributed by atoms with Gasteiger partial charge in [0.15, 0.2) is 0 Å². The van der Waals surface area contributed by atoms with Crippen LogP contribution >= 0.6 is 15.9 Å². The van der Waals surface area contributed by atoms with Crippen LogP contribution in [0.5, 0.6) is 0 Å². The fraction of sp³-hybridized carbons (Fsp3) is 0.600. The minimum atomic E-state index is 0.316. The van der Waals surface area contributed by atoms with Crippen molar-refractivity contribution in [1.29, 1.82) is 0 Å². The summed E-state index contributed by atoms with van der Waals surface area (Å²) in [5.74, 6) is 0. The molecule has 2 rings (SSSR count). The summed E-state index contributed by atoms with van der Waals surface area (Å²) in [6, 6.07) is 8.89. The first-order valence-corrected chi connectivity index (χ1v) is 7.45. The summed E-state index contributed by atoms with van der Waals surface area (Å²) in [5.41, 5.74) is 8.25. The Kier molecular flexibility index (Phi) is 4.26. The molecule has 1 unspecified atom stereocenters. The van der Waals surface area contributed by atoms with E-state index >= 15 is 0 Å². The van der Waals surface area contributed by atoms with Crippen molar-refractivity contribution in [2.45, 2.75) is 51.5 Å². The standard InChI is InChI=1S/C15H22BrN/c1-2-15(9-3-4-10-15)14(17)11-12-5-7-13(16)8-6-12/h5-8,14H,2-4,9-11,17H2,1H3. The molecule has 94 valence electrons. The first-order valence-electron chi connectivity index (χ1n) is 6.66. The fourth-order valence-corrected chi connectivity index (χ4v) is 3.42. The average molecular weight is 296 g/mol. The Morgan fingerprint density at radius 2 is 1.82 bits per heavy atom. The van der Waals surface area contributed by atoms with Crippen LogP contribution in [0, 0.1) is 5.41 Å². The van der Waals surface area contributed by atoms with Gasteiger partial charge in [-0.1, -0.05) is 47.8 Å². The van der Waals surface area contributed by atoms with Gasteiger partial charge in [-0.25, -0.2) is 0 Å². The van der Waals surface area contributed by atoms with Crippen LogP contribution in [0.15, 0.2) is 28.7 Å². The topological polar surface area (TPSA) is 26.0 Å². The molecule has 1 nitrogen and oxygen atoms in total. The smallest absolute Gasteiger partial charge is 0.0175 e. The van der Waals surface area contributed by atoms with E-state index < -0.39 is 0 Å². The van der Waals surface area contributed by atoms with Crippen LogP contribution in [0.1, 0.15) is 44.6 Å². The van der Waals surface area contributed by atoms with Gasteiger partial charge in [-0.3, -0.25) is 0 Å². The van der Waals surface area contributed by atoms with Crippen LogP contribution in [-0.2, 0) is 6.42 Å². The third-order valence-electron chi connectivity index (χ3n) is 4.46. The van der Waals surface area contributed by atoms with Gasteiger partial charge < -0.3 is 5.73 Å². The quantitative estimate of drug-likeness (QED) is 0.881. The Balaban J connectivity index is 2.05. The zero-order chi connectivity index (χ0) is 12.3. The Morgan fingerprint density at radius 3 is 2.35 bits per heavy atom. The highest BCUT2D eigenvalue weighted by molar-refractivity contribution is 9.10. The molecule has 1 aliphatic rings. The van der Waals surface area contributed by atoms with E-state index in [4.69, 9.17) is 5.73 Å². The van der Waals surface area contributed by atoms with Crippen LogP contribution in [0.25, 0.3) is 0 Å². The van der Waals surface area contributed by atoms with E-state index in [0.717, 1.165) is 10.9 Å². The number of nitrogens with two attached hydrogens (primary N) is 1. The molecular weight excluding hydrogens is 274 g/mol. The zero-order valence-corrected chi connectivity index (χ0v) is 12.2. The van der Waals surface area contributed by atoms with Crippen LogP contribution in [-0.4, -0.2) is 6.04 Å². The van der Waals surface area contributed by atoms with E-state index in [9.17, 15) is 0 Å². The summed E-state index contributed by atoms with van der Waals surface area (Å²) in [6.45, 7) is 2.30. The Hall–Kier alpha value is -0.340. The van der Waals surface area contributed by atoms with Gasteiger partial charge in [-0.2, -0.15) is 0 Å². The lowest BCUT2D eigenvalue weighted by Gasteiger charge is -2.34. The van der Waals surface area contributed by atoms with Crippen LogP contribution in [0.4, 0.5) is 0 Å². The Labute approximate surface area is 113 Å². The van der Waals surface area contributed by atoms with Crippen molar-refractivity contribution < 1.29 is 0 Å². The molecule has 17 heavy (non-hydrogen) atoms. The number of rotatable bonds is 4. The molecule has 0 radical (unpaired) electrons. The second-order valence-corrected chi connectivity index (χ2v) is 6.28. The van der Waals surface area contributed by atoms with E-state index in [1.54, 1.807) is 0 Å². The van der Waals surface area contributed by atoms with Gasteiger partial charge in [-0.15, -0.1) is 0 Å². The summed E-state index contributed by atoms with van der Waals surface area (Å²) < 4.78 is 1.14. The average Bonchev–Trinajstić information content (AvgIpc) is 2.82. The zero-order valence-electron chi connectivity index (χ0n) is 10.6. The van der Waals surface area contributed by atoms with Crippen LogP contribution in [0.2, 0.25) is 0 Å². The highest BCUT2D eigenvalue weighted by atomic mass is 79.9. The van der Waals surface area contributed by atoms with Gasteiger partial charge in [0, 0.05) is 10.5 Å². The molecule has 0 heterocycles. The monoisotopic (exact) mass is 295 g/mol. The van der Waals surface area contributed by atoms with Crippen molar-refractivity contribution in [3.8, 4) is 0 Å². The van der Waals surface area contributed by atoms with Gasteiger partial charge in [-0.05, 0) is 48.8 Å². The van der Waals surface area contributed by atoms with E-state index in [2.05, 4.69) is 47.1 Å². The van der Waals surface area contributed by atoms with Gasteiger partial charge in [0.25, 0.3) is 0 Å². The lowest BCUT2D eigenvalue weighted by Crippen LogP contribution is -2.41. The molecule has 0 saturated heterocycles. The summed E-state index contributed by atoms with van der Waals surface area (Å²) >= 11 is 3.47. The molecule has 1 saturated carbocycles. The first kappa shape index (κ1) is 13.1. The minimum absolute atomic E-state index is 0.316. The fourth-order valence-electron chi connectivity index (χ4n) is 3.16. The maximum absolute atomic E-state index is 6.48. The second-order valence-electron chi connectivity index (χ2n) is 5.36. The highest BCUT2D eigenvalue weighted by Crippen LogP contribution is 2.43. The molecule has 2 N–H and O–H groups in total. The lowest BCUT2D eigenvalue weighted by molar-refractivity contribution is 0.219. The largest absolute Gasteiger partial charge is 0.327 e. The first-order chi connectivity index (χ1) is 8.16. The van der Waals surface area contributed by atoms with Crippen molar-refractivity contribution in [2.75, 3.05) is 0 Å². The van der Waals surface area contributed by atoms with Crippen molar-refractivity contribution in [3.05, 3.63) is 34.3 Å². The Bertz CT molecular complexity index is 352. The molecular formula is C15H22BrN. The van der Waals surface area contributed by atoms with Gasteiger partial charge >= 0.3 is 0 Å². The van der Waals surface area contributed by atoms with Crippen molar-refractivity contribution in [1.82, 2.24) is 0 Å². The molecule has 1 fully saturated rings. The van der Waals surface area contributed by atoms with E-state index in [1.165, 1.54) is 37.7 Å². The third kappa shape index (κ3) is 2.92. The second kappa shape index (κ2) is 5.53. The number of hydrogen-bond donors (Lipinski definition) is 1. The summed E-state index contributed by atoms with van der Waals surface area (Å²) in [6.07, 6.45) is 7.61. The molecule has 0 aromatic heterocycles. The molecule has 0 spiro atoms. The Morgan fingerprint density at radius 1 is 1.24 bits per heavy atom. The number of halogens is 1. The molecule has 0 bridgehead atoms. The van der Waals surface area contributed by atoms with Gasteiger partial charge in [0.05, 0.1) is 0 Å². The maximum Gasteiger partial charge on any atom is 0.0175 e. The molecule has 1 aliphatic carbocycles. The molecule has 0 aliphatic heterocycles. The van der Waals surface area contributed by atoms with Crippen molar-refractivity contribution in [2.24, 2.45) is 11.1 Å². The lowest BCUT2D eigenvalue weighted by atomic mass is 9.74. The SMILES string of the molecule is CCC1(C(N)Cc2ccc(Br)cc2)CCCC1. The summed E-state index contributed by atoms with van der Waals surface area (Å²) in [7, 11) is 0.